The minimum Gasteiger partial charge on any atom is -0.506 e. The molecule has 7 nitrogen and oxygen atoms in total. The predicted molar refractivity (Wildman–Crippen MR) is 145 cm³/mol. The second kappa shape index (κ2) is 11.5. The Bertz CT molecular complexity index is 1160. The highest BCUT2D eigenvalue weighted by atomic mass is 32.2. The smallest absolute Gasteiger partial charge is 0.329 e. The number of nitrogens with zero attached hydrogens (tertiary/aromatic N) is 4. The zero-order valence-corrected chi connectivity index (χ0v) is 21.3. The van der Waals surface area contributed by atoms with Gasteiger partial charge in [0.15, 0.2) is 0 Å². The fourth-order valence-electron chi connectivity index (χ4n) is 5.49. The van der Waals surface area contributed by atoms with Gasteiger partial charge in [0, 0.05) is 31.6 Å². The summed E-state index contributed by atoms with van der Waals surface area (Å²) in [5.74, 6) is 1.98. The Morgan fingerprint density at radius 1 is 0.886 bits per heavy atom. The molecule has 2 aliphatic heterocycles. The summed E-state index contributed by atoms with van der Waals surface area (Å²) < 4.78 is 4.09. The molecule has 8 heteroatoms. The van der Waals surface area contributed by atoms with Crippen LogP contribution in [0.15, 0.2) is 53.3 Å². The molecule has 2 fully saturated rings. The number of phenolic OH excluding ortho intramolecular Hbond substituents is 1. The average molecular weight is 496 g/mol. The molecule has 0 aliphatic carbocycles. The predicted octanol–water partition coefficient (Wildman–Crippen LogP) is 4.39. The molecule has 35 heavy (non-hydrogen) atoms. The topological polar surface area (TPSA) is 65.7 Å². The Kier molecular flexibility index (Phi) is 8.01. The van der Waals surface area contributed by atoms with Crippen molar-refractivity contribution in [3.63, 3.8) is 0 Å². The molecule has 0 amide bonds. The molecule has 2 saturated heterocycles. The number of thioether (sulfide) groups is 1. The Morgan fingerprint density at radius 3 is 2.37 bits per heavy atom. The number of imidazole rings is 1. The van der Waals surface area contributed by atoms with Crippen molar-refractivity contribution in [2.75, 3.05) is 49.8 Å². The van der Waals surface area contributed by atoms with Gasteiger partial charge >= 0.3 is 5.69 Å². The first kappa shape index (κ1) is 24.3. The number of nitrogens with one attached hydrogen (secondary N) is 1. The summed E-state index contributed by atoms with van der Waals surface area (Å²) in [6.45, 7) is 6.28. The number of fused-ring (bicyclic) bond motifs is 1. The van der Waals surface area contributed by atoms with Crippen molar-refractivity contribution in [1.29, 1.82) is 0 Å². The van der Waals surface area contributed by atoms with Crippen molar-refractivity contribution < 1.29 is 5.11 Å². The van der Waals surface area contributed by atoms with Crippen LogP contribution in [0.3, 0.4) is 0 Å². The van der Waals surface area contributed by atoms with Crippen LogP contribution < -0.4 is 11.0 Å². The van der Waals surface area contributed by atoms with Gasteiger partial charge in [-0.15, -0.1) is 11.8 Å². The molecule has 0 atom stereocenters. The summed E-state index contributed by atoms with van der Waals surface area (Å²) in [6, 6.07) is 15.9. The normalized spacial score (nSPS) is 17.9. The highest BCUT2D eigenvalue weighted by Gasteiger charge is 2.25. The Labute approximate surface area is 211 Å². The van der Waals surface area contributed by atoms with Gasteiger partial charge in [-0.3, -0.25) is 14.0 Å². The first-order valence-electron chi connectivity index (χ1n) is 12.9. The molecule has 2 N–H and O–H groups in total. The van der Waals surface area contributed by atoms with Gasteiger partial charge < -0.3 is 15.3 Å². The number of phenols is 1. The number of aromatic nitrogens is 2. The number of benzene rings is 2. The number of piperidine rings is 1. The second-order valence-corrected chi connectivity index (χ2v) is 10.7. The van der Waals surface area contributed by atoms with E-state index in [1.165, 1.54) is 25.9 Å². The van der Waals surface area contributed by atoms with E-state index < -0.39 is 0 Å². The molecule has 2 aliphatic rings. The van der Waals surface area contributed by atoms with Crippen molar-refractivity contribution >= 4 is 28.5 Å². The molecule has 0 saturated carbocycles. The molecule has 0 spiro atoms. The second-order valence-electron chi connectivity index (χ2n) is 9.72. The zero-order valence-electron chi connectivity index (χ0n) is 20.4. The quantitative estimate of drug-likeness (QED) is 0.247. The van der Waals surface area contributed by atoms with Crippen LogP contribution in [0, 0.1) is 0 Å². The van der Waals surface area contributed by atoms with Crippen LogP contribution in [-0.2, 0) is 6.54 Å². The Morgan fingerprint density at radius 2 is 1.60 bits per heavy atom. The summed E-state index contributed by atoms with van der Waals surface area (Å²) in [5, 5.41) is 13.2. The number of hydrogen-bond acceptors (Lipinski definition) is 6. The average Bonchev–Trinajstić information content (AvgIpc) is 3.50. The number of para-hydroxylation sites is 4. The number of anilines is 1. The van der Waals surface area contributed by atoms with E-state index in [0.29, 0.717) is 0 Å². The third-order valence-electron chi connectivity index (χ3n) is 7.39. The van der Waals surface area contributed by atoms with Gasteiger partial charge in [-0.2, -0.15) is 0 Å². The molecule has 3 heterocycles. The molecule has 1 aromatic heterocycles. The van der Waals surface area contributed by atoms with E-state index in [1.807, 2.05) is 40.6 Å². The van der Waals surface area contributed by atoms with Crippen molar-refractivity contribution in [2.24, 2.45) is 0 Å². The number of likely N-dealkylation sites (tertiary alicyclic amines) is 2. The van der Waals surface area contributed by atoms with Crippen molar-refractivity contribution in [1.82, 2.24) is 18.9 Å². The van der Waals surface area contributed by atoms with Crippen LogP contribution in [0.1, 0.15) is 38.1 Å². The molecule has 0 radical (unpaired) electrons. The van der Waals surface area contributed by atoms with Crippen molar-refractivity contribution in [2.45, 2.75) is 44.7 Å². The molecule has 188 valence electrons. The fourth-order valence-corrected chi connectivity index (χ4v) is 6.36. The molecule has 0 unspecified atom stereocenters. The third-order valence-corrected chi connectivity index (χ3v) is 8.28. The lowest BCUT2D eigenvalue weighted by molar-refractivity contribution is 0.213. The largest absolute Gasteiger partial charge is 0.506 e. The first-order chi connectivity index (χ1) is 17.2. The minimum atomic E-state index is 0.160. The van der Waals surface area contributed by atoms with Gasteiger partial charge in [-0.05, 0) is 76.0 Å². The van der Waals surface area contributed by atoms with Gasteiger partial charge in [0.05, 0.1) is 22.6 Å². The lowest BCUT2D eigenvalue weighted by Gasteiger charge is -2.32. The van der Waals surface area contributed by atoms with Gasteiger partial charge in [-0.25, -0.2) is 4.79 Å². The maximum atomic E-state index is 13.5. The standard InChI is InChI=1S/C27H37N5O2S/c33-26-11-4-1-8-23(26)28-20-35-21-30-18-12-22(13-19-30)32-25-10-3-2-9-24(25)31(27(32)34)17-7-16-29-14-5-6-15-29/h1-4,8-11,22,28,33H,5-7,12-21H2. The number of rotatable bonds is 10. The summed E-state index contributed by atoms with van der Waals surface area (Å²) in [6.07, 6.45) is 5.63. The van der Waals surface area contributed by atoms with E-state index in [2.05, 4.69) is 37.9 Å². The van der Waals surface area contributed by atoms with Gasteiger partial charge in [-0.1, -0.05) is 24.3 Å². The van der Waals surface area contributed by atoms with E-state index >= 15 is 0 Å². The SMILES string of the molecule is O=c1n(CCCN2CCCC2)c2ccccc2n1C1CCN(CSCNc2ccccc2O)CC1. The maximum Gasteiger partial charge on any atom is 0.329 e. The van der Waals surface area contributed by atoms with E-state index in [-0.39, 0.29) is 17.5 Å². The van der Waals surface area contributed by atoms with E-state index in [0.717, 1.165) is 73.9 Å². The molecular weight excluding hydrogens is 458 g/mol. The molecule has 0 bridgehead atoms. The number of hydrogen-bond donors (Lipinski definition) is 2. The molecule has 2 aromatic carbocycles. The molecular formula is C27H37N5O2S. The fraction of sp³-hybridized carbons (Fsp3) is 0.519. The third kappa shape index (κ3) is 5.71. The number of aryl methyl sites for hydroxylation is 1. The summed E-state index contributed by atoms with van der Waals surface area (Å²) in [5.41, 5.74) is 3.09. The minimum absolute atomic E-state index is 0.160. The Hall–Kier alpha value is -2.42. The first-order valence-corrected chi connectivity index (χ1v) is 14.1. The summed E-state index contributed by atoms with van der Waals surface area (Å²) >= 11 is 1.82. The van der Waals surface area contributed by atoms with Crippen LogP contribution in [0.4, 0.5) is 5.69 Å². The lowest BCUT2D eigenvalue weighted by Crippen LogP contribution is -2.38. The van der Waals surface area contributed by atoms with Crippen LogP contribution in [0.5, 0.6) is 5.75 Å². The Balaban J connectivity index is 1.16. The number of aromatic hydroxyl groups is 1. The van der Waals surface area contributed by atoms with Gasteiger partial charge in [0.1, 0.15) is 5.75 Å². The zero-order chi connectivity index (χ0) is 24.0. The van der Waals surface area contributed by atoms with Crippen LogP contribution in [0.25, 0.3) is 11.0 Å². The summed E-state index contributed by atoms with van der Waals surface area (Å²) in [4.78, 5) is 18.5. The van der Waals surface area contributed by atoms with Crippen LogP contribution in [0.2, 0.25) is 0 Å². The van der Waals surface area contributed by atoms with Gasteiger partial charge in [0.2, 0.25) is 0 Å². The maximum absolute atomic E-state index is 13.5. The van der Waals surface area contributed by atoms with E-state index in [1.54, 1.807) is 6.07 Å². The molecule has 3 aromatic rings. The highest BCUT2D eigenvalue weighted by Crippen LogP contribution is 2.27. The lowest BCUT2D eigenvalue weighted by atomic mass is 10.1. The van der Waals surface area contributed by atoms with Gasteiger partial charge in [0.25, 0.3) is 0 Å². The van der Waals surface area contributed by atoms with E-state index in [4.69, 9.17) is 0 Å². The van der Waals surface area contributed by atoms with E-state index in [9.17, 15) is 9.90 Å². The monoisotopic (exact) mass is 495 g/mol. The van der Waals surface area contributed by atoms with Crippen LogP contribution >= 0.6 is 11.8 Å². The molecule has 5 rings (SSSR count). The summed E-state index contributed by atoms with van der Waals surface area (Å²) in [7, 11) is 0. The van der Waals surface area contributed by atoms with Crippen LogP contribution in [-0.4, -0.2) is 68.5 Å². The highest BCUT2D eigenvalue weighted by molar-refractivity contribution is 7.99. The van der Waals surface area contributed by atoms with Crippen molar-refractivity contribution in [3.05, 3.63) is 59.0 Å². The van der Waals surface area contributed by atoms with Crippen molar-refractivity contribution in [3.8, 4) is 5.75 Å².